The van der Waals surface area contributed by atoms with Crippen LogP contribution in [0.4, 0.5) is 10.1 Å². The zero-order valence-corrected chi connectivity index (χ0v) is 17.7. The van der Waals surface area contributed by atoms with Crippen molar-refractivity contribution >= 4 is 22.9 Å². The summed E-state index contributed by atoms with van der Waals surface area (Å²) in [6.07, 6.45) is 1.76. The molecule has 1 amide bonds. The van der Waals surface area contributed by atoms with Gasteiger partial charge in [-0.25, -0.2) is 18.9 Å². The number of thiazole rings is 1. The number of hydrogen-bond donors (Lipinski definition) is 1. The topological polar surface area (TPSA) is 64.2 Å². The van der Waals surface area contributed by atoms with Crippen LogP contribution < -0.4 is 5.32 Å². The molecule has 6 nitrogen and oxygen atoms in total. The summed E-state index contributed by atoms with van der Waals surface area (Å²) in [4.78, 5) is 20.3. The molecule has 154 valence electrons. The van der Waals surface area contributed by atoms with Crippen LogP contribution in [0.1, 0.15) is 26.5 Å². The maximum atomic E-state index is 14.6. The lowest BCUT2D eigenvalue weighted by Gasteiger charge is -2.08. The van der Waals surface area contributed by atoms with Crippen molar-refractivity contribution in [2.75, 3.05) is 0 Å². The molecule has 0 atom stereocenters. The smallest absolute Gasteiger partial charge is 0.263 e. The Labute approximate surface area is 182 Å². The summed E-state index contributed by atoms with van der Waals surface area (Å²) in [5, 5.41) is 7.26. The van der Waals surface area contributed by atoms with E-state index in [1.165, 1.54) is 17.4 Å². The zero-order valence-electron chi connectivity index (χ0n) is 16.9. The molecular weight excluding hydrogens is 413 g/mol. The average Bonchev–Trinajstić information content (AvgIpc) is 3.42. The van der Waals surface area contributed by atoms with Crippen molar-refractivity contribution < 1.29 is 9.18 Å². The number of nitrogens with one attached hydrogen (secondary N) is 1. The van der Waals surface area contributed by atoms with Crippen LogP contribution in [0.2, 0.25) is 0 Å². The van der Waals surface area contributed by atoms with E-state index in [1.54, 1.807) is 41.5 Å². The van der Waals surface area contributed by atoms with Gasteiger partial charge in [0.05, 0.1) is 29.2 Å². The third kappa shape index (κ3) is 4.22. The van der Waals surface area contributed by atoms with Crippen LogP contribution in [0.15, 0.2) is 54.2 Å². The van der Waals surface area contributed by atoms with E-state index in [4.69, 9.17) is 6.57 Å². The fraction of sp³-hybridized carbons (Fsp3) is 0.130. The molecule has 0 unspecified atom stereocenters. The van der Waals surface area contributed by atoms with E-state index >= 15 is 0 Å². The summed E-state index contributed by atoms with van der Waals surface area (Å²) >= 11 is 1.26. The van der Waals surface area contributed by atoms with Crippen molar-refractivity contribution in [1.82, 2.24) is 20.1 Å². The molecule has 4 aromatic rings. The Kier molecular flexibility index (Phi) is 5.60. The van der Waals surface area contributed by atoms with Crippen LogP contribution in [0.3, 0.4) is 0 Å². The Hall–Kier alpha value is -3.83. The van der Waals surface area contributed by atoms with E-state index in [0.29, 0.717) is 27.5 Å². The van der Waals surface area contributed by atoms with Gasteiger partial charge in [0.25, 0.3) is 5.91 Å². The maximum absolute atomic E-state index is 14.6. The molecule has 2 aromatic carbocycles. The molecule has 2 heterocycles. The van der Waals surface area contributed by atoms with Crippen molar-refractivity contribution in [2.24, 2.45) is 0 Å². The Balaban J connectivity index is 1.50. The Morgan fingerprint density at radius 1 is 1.23 bits per heavy atom. The van der Waals surface area contributed by atoms with Gasteiger partial charge in [-0.3, -0.25) is 4.79 Å². The van der Waals surface area contributed by atoms with E-state index in [0.717, 1.165) is 16.8 Å². The average molecular weight is 431 g/mol. The first-order chi connectivity index (χ1) is 15.0. The summed E-state index contributed by atoms with van der Waals surface area (Å²) in [5.74, 6) is -0.687. The van der Waals surface area contributed by atoms with Crippen molar-refractivity contribution in [3.05, 3.63) is 93.1 Å². The van der Waals surface area contributed by atoms with E-state index in [-0.39, 0.29) is 12.5 Å². The summed E-state index contributed by atoms with van der Waals surface area (Å²) in [6.45, 7) is 10.9. The molecule has 2 aromatic heterocycles. The third-order valence-corrected chi connectivity index (χ3v) is 5.82. The molecule has 0 aliphatic heterocycles. The number of aryl methyl sites for hydroxylation is 2. The van der Waals surface area contributed by atoms with Crippen LogP contribution in [-0.2, 0) is 6.54 Å². The number of hydrogen-bond acceptors (Lipinski definition) is 4. The number of rotatable bonds is 5. The SMILES string of the molecule is [C-]#[N+]c1ccc(-c2ccn(-c3ccc(CNC(=O)c4scnc4C)c(F)c3)n2)cc1C. The van der Waals surface area contributed by atoms with Gasteiger partial charge in [0, 0.05) is 18.3 Å². The largest absolute Gasteiger partial charge is 0.347 e. The Bertz CT molecular complexity index is 1320. The Morgan fingerprint density at radius 3 is 2.74 bits per heavy atom. The highest BCUT2D eigenvalue weighted by atomic mass is 32.1. The van der Waals surface area contributed by atoms with Gasteiger partial charge < -0.3 is 5.32 Å². The number of nitrogens with zero attached hydrogens (tertiary/aromatic N) is 4. The minimum absolute atomic E-state index is 0.0827. The van der Waals surface area contributed by atoms with Crippen molar-refractivity contribution in [3.63, 3.8) is 0 Å². The minimum Gasteiger partial charge on any atom is -0.347 e. The number of amides is 1. The van der Waals surface area contributed by atoms with Crippen LogP contribution in [-0.4, -0.2) is 20.7 Å². The van der Waals surface area contributed by atoms with Crippen LogP contribution >= 0.6 is 11.3 Å². The van der Waals surface area contributed by atoms with Gasteiger partial charge in [-0.2, -0.15) is 5.10 Å². The predicted molar refractivity (Wildman–Crippen MR) is 118 cm³/mol. The first-order valence-corrected chi connectivity index (χ1v) is 10.4. The maximum Gasteiger partial charge on any atom is 0.263 e. The molecule has 1 N–H and O–H groups in total. The van der Waals surface area contributed by atoms with E-state index in [2.05, 4.69) is 20.2 Å². The minimum atomic E-state index is -0.423. The van der Waals surface area contributed by atoms with E-state index < -0.39 is 5.82 Å². The molecule has 0 bridgehead atoms. The number of carbonyl (C=O) groups is 1. The number of benzene rings is 2. The summed E-state index contributed by atoms with van der Waals surface area (Å²) < 4.78 is 16.2. The van der Waals surface area contributed by atoms with E-state index in [9.17, 15) is 9.18 Å². The highest BCUT2D eigenvalue weighted by Crippen LogP contribution is 2.26. The molecule has 8 heteroatoms. The monoisotopic (exact) mass is 431 g/mol. The normalized spacial score (nSPS) is 10.6. The second-order valence-corrected chi connectivity index (χ2v) is 7.84. The van der Waals surface area contributed by atoms with Gasteiger partial charge >= 0.3 is 0 Å². The molecule has 0 saturated carbocycles. The van der Waals surface area contributed by atoms with Crippen molar-refractivity contribution in [3.8, 4) is 16.9 Å². The predicted octanol–water partition coefficient (Wildman–Crippen LogP) is 5.23. The van der Waals surface area contributed by atoms with Gasteiger partial charge in [0.2, 0.25) is 0 Å². The van der Waals surface area contributed by atoms with Gasteiger partial charge in [-0.05, 0) is 43.2 Å². The second kappa shape index (κ2) is 8.50. The third-order valence-electron chi connectivity index (χ3n) is 4.89. The fourth-order valence-corrected chi connectivity index (χ4v) is 3.88. The number of carbonyl (C=O) groups excluding carboxylic acids is 1. The highest BCUT2D eigenvalue weighted by molar-refractivity contribution is 7.11. The van der Waals surface area contributed by atoms with Crippen LogP contribution in [0, 0.1) is 26.2 Å². The molecule has 0 spiro atoms. The molecule has 4 rings (SSSR count). The lowest BCUT2D eigenvalue weighted by atomic mass is 10.1. The molecule has 31 heavy (non-hydrogen) atoms. The molecular formula is C23H18FN5OS. The van der Waals surface area contributed by atoms with Crippen LogP contribution in [0.25, 0.3) is 21.8 Å². The van der Waals surface area contributed by atoms with Crippen LogP contribution in [0.5, 0.6) is 0 Å². The zero-order chi connectivity index (χ0) is 22.0. The summed E-state index contributed by atoms with van der Waals surface area (Å²) in [6, 6.07) is 12.2. The fourth-order valence-electron chi connectivity index (χ4n) is 3.16. The van der Waals surface area contributed by atoms with Gasteiger partial charge in [-0.1, -0.05) is 24.3 Å². The van der Waals surface area contributed by atoms with E-state index in [1.807, 2.05) is 25.1 Å². The number of halogens is 1. The molecule has 0 radical (unpaired) electrons. The van der Waals surface area contributed by atoms with Gasteiger partial charge in [-0.15, -0.1) is 11.3 Å². The quantitative estimate of drug-likeness (QED) is 0.440. The lowest BCUT2D eigenvalue weighted by Crippen LogP contribution is -2.23. The highest BCUT2D eigenvalue weighted by Gasteiger charge is 2.13. The van der Waals surface area contributed by atoms with Crippen molar-refractivity contribution in [2.45, 2.75) is 20.4 Å². The van der Waals surface area contributed by atoms with Crippen molar-refractivity contribution in [1.29, 1.82) is 0 Å². The van der Waals surface area contributed by atoms with Gasteiger partial charge in [0.1, 0.15) is 10.7 Å². The molecule has 0 saturated heterocycles. The van der Waals surface area contributed by atoms with Gasteiger partial charge in [0.15, 0.2) is 5.69 Å². The lowest BCUT2D eigenvalue weighted by molar-refractivity contribution is 0.0954. The first kappa shape index (κ1) is 20.4. The Morgan fingerprint density at radius 2 is 2.06 bits per heavy atom. The molecule has 0 aliphatic carbocycles. The molecule has 0 aliphatic rings. The standard InChI is InChI=1S/C23H18FN5OS/c1-14-10-16(5-7-20(14)25-3)21-8-9-29(28-21)18-6-4-17(19(24)11-18)12-26-23(30)22-15(2)27-13-31-22/h4-11,13H,12H2,1-2H3,(H,26,30). The number of aromatic nitrogens is 3. The first-order valence-electron chi connectivity index (χ1n) is 9.47. The summed E-state index contributed by atoms with van der Waals surface area (Å²) in [7, 11) is 0. The second-order valence-electron chi connectivity index (χ2n) is 6.98. The summed E-state index contributed by atoms with van der Waals surface area (Å²) in [5.41, 5.74) is 6.35. The molecule has 0 fully saturated rings.